The minimum atomic E-state index is -4.03. The molecule has 21 heteroatoms. The van der Waals surface area contributed by atoms with Crippen molar-refractivity contribution in [1.29, 1.82) is 0 Å². The van der Waals surface area contributed by atoms with Gasteiger partial charge in [0.25, 0.3) is 0 Å². The molecule has 2 aliphatic rings. The molecule has 2 heterocycles. The summed E-state index contributed by atoms with van der Waals surface area (Å²) in [5.41, 5.74) is 0. The normalized spacial score (nSPS) is 25.3. The molecule has 2 rings (SSSR count). The molecule has 372 valence electrons. The maximum absolute atomic E-state index is 12.9. The number of rotatable bonds is 28. The van der Waals surface area contributed by atoms with Crippen molar-refractivity contribution in [2.45, 2.75) is 220 Å². The zero-order valence-electron chi connectivity index (χ0n) is 39.8. The van der Waals surface area contributed by atoms with Crippen molar-refractivity contribution in [3.63, 3.8) is 0 Å². The summed E-state index contributed by atoms with van der Waals surface area (Å²) in [4.78, 5) is 100. The van der Waals surface area contributed by atoms with Crippen LogP contribution in [0.2, 0.25) is 12.1 Å². The molecule has 2 aliphatic heterocycles. The first-order chi connectivity index (χ1) is 30.7. The van der Waals surface area contributed by atoms with E-state index >= 15 is 0 Å². The van der Waals surface area contributed by atoms with Gasteiger partial charge in [0.2, 0.25) is 0 Å². The third kappa shape index (κ3) is 20.9. The number of carbonyl (C=O) groups excluding carboxylic acids is 8. The van der Waals surface area contributed by atoms with Crippen LogP contribution in [0.4, 0.5) is 0 Å². The summed E-state index contributed by atoms with van der Waals surface area (Å²) >= 11 is 0. The summed E-state index contributed by atoms with van der Waals surface area (Å²) < 4.78 is 71.9. The Balaban J connectivity index is 2.96. The van der Waals surface area contributed by atoms with E-state index in [1.54, 1.807) is 0 Å². The molecule has 0 aliphatic carbocycles. The van der Waals surface area contributed by atoms with Crippen LogP contribution in [0.3, 0.4) is 0 Å². The average molecular weight is 949 g/mol. The molecule has 0 aromatic heterocycles. The first kappa shape index (κ1) is 56.9. The van der Waals surface area contributed by atoms with Crippen molar-refractivity contribution in [2.24, 2.45) is 0 Å². The summed E-state index contributed by atoms with van der Waals surface area (Å²) in [7, 11) is -4.03. The van der Waals surface area contributed by atoms with Gasteiger partial charge >= 0.3 is 56.3 Å². The van der Waals surface area contributed by atoms with E-state index in [2.05, 4.69) is 13.8 Å². The molecule has 0 N–H and O–H groups in total. The first-order valence-corrected chi connectivity index (χ1v) is 24.9. The van der Waals surface area contributed by atoms with Crippen molar-refractivity contribution < 1.29 is 94.6 Å². The fourth-order valence-electron chi connectivity index (χ4n) is 7.73. The second-order valence-corrected chi connectivity index (χ2v) is 19.6. The fraction of sp³-hybridized carbons (Fsp3) is 0.818. The Labute approximate surface area is 383 Å². The minimum absolute atomic E-state index is 0.230. The molecule has 20 nitrogen and oxygen atoms in total. The van der Waals surface area contributed by atoms with Crippen LogP contribution in [0.15, 0.2) is 0 Å². The quantitative estimate of drug-likeness (QED) is 0.0415. The Hall–Kier alpha value is -4.18. The Morgan fingerprint density at radius 2 is 0.646 bits per heavy atom. The van der Waals surface area contributed by atoms with Gasteiger partial charge in [-0.2, -0.15) is 0 Å². The fourth-order valence-corrected chi connectivity index (χ4v) is 11.3. The van der Waals surface area contributed by atoms with E-state index in [1.165, 1.54) is 0 Å². The number of unbranched alkanes of at least 4 members (excludes halogenated alkanes) is 10. The lowest BCUT2D eigenvalue weighted by molar-refractivity contribution is -0.308. The Kier molecular flexibility index (Phi) is 25.8. The molecule has 0 unspecified atom stereocenters. The predicted molar refractivity (Wildman–Crippen MR) is 228 cm³/mol. The number of hydrogen-bond donors (Lipinski definition) is 0. The number of esters is 8. The lowest BCUT2D eigenvalue weighted by Gasteiger charge is -2.49. The highest BCUT2D eigenvalue weighted by Gasteiger charge is 2.59. The highest BCUT2D eigenvalue weighted by Crippen LogP contribution is 2.39. The van der Waals surface area contributed by atoms with E-state index in [-0.39, 0.29) is 12.1 Å². The summed E-state index contributed by atoms with van der Waals surface area (Å²) in [6, 6.07) is 0.460. The average Bonchev–Trinajstić information content (AvgIpc) is 3.19. The molecular weight excluding hydrogens is 877 g/mol. The number of ether oxygens (including phenoxy) is 10. The van der Waals surface area contributed by atoms with Crippen molar-refractivity contribution in [3.05, 3.63) is 0 Å². The van der Waals surface area contributed by atoms with Crippen LogP contribution in [0, 0.1) is 0 Å². The van der Waals surface area contributed by atoms with Gasteiger partial charge in [-0.25, -0.2) is 0 Å². The van der Waals surface area contributed by atoms with Crippen LogP contribution < -0.4 is 0 Å². The van der Waals surface area contributed by atoms with Gasteiger partial charge in [-0.15, -0.1) is 0 Å². The zero-order chi connectivity index (χ0) is 48.7. The van der Waals surface area contributed by atoms with E-state index in [0.717, 1.165) is 120 Å². The van der Waals surface area contributed by atoms with Crippen LogP contribution in [0.5, 0.6) is 0 Å². The van der Waals surface area contributed by atoms with Gasteiger partial charge in [-0.3, -0.25) is 38.4 Å². The van der Waals surface area contributed by atoms with Crippen LogP contribution in [0.25, 0.3) is 0 Å². The maximum atomic E-state index is 12.9. The van der Waals surface area contributed by atoms with E-state index in [4.69, 9.17) is 56.2 Å². The van der Waals surface area contributed by atoms with Crippen LogP contribution in [-0.2, 0) is 94.6 Å². The number of hydrogen-bond acceptors (Lipinski definition) is 20. The van der Waals surface area contributed by atoms with Crippen molar-refractivity contribution in [2.75, 3.05) is 13.2 Å². The molecule has 0 aromatic carbocycles. The molecule has 2 saturated heterocycles. The summed E-state index contributed by atoms with van der Waals surface area (Å²) in [6.45, 7) is 12.1. The van der Waals surface area contributed by atoms with Gasteiger partial charge in [0.1, 0.15) is 25.4 Å². The predicted octanol–water partition coefficient (Wildman–Crippen LogP) is 5.35. The molecule has 0 spiro atoms. The van der Waals surface area contributed by atoms with E-state index in [9.17, 15) is 38.4 Å². The van der Waals surface area contributed by atoms with Crippen LogP contribution >= 0.6 is 0 Å². The lowest BCUT2D eigenvalue weighted by atomic mass is 9.98. The smallest absolute Gasteiger partial charge is 0.342 e. The molecular formula is C44H72O20Si. The Morgan fingerprint density at radius 1 is 0.369 bits per heavy atom. The second kappa shape index (κ2) is 29.5. The standard InChI is InChI=1S/C44H72O20Si/c1-11-13-15-17-19-21-23-65(24-22-20-18-16-14-12-2,63-43-41(59-33(9)51)39(57-31(7)49)37(55-29(5)47)35(61-43)25-53-27(3)45)64-44-42(60-34(10)52)40(58-32(8)50)38(56-30(6)48)36(62-44)26-54-28(4)46/h35-44H,11-26H2,1-10H3/t35-,36-,37+,38+,39+,40+,41-,42-,43+,44+/m1/s1. The van der Waals surface area contributed by atoms with Gasteiger partial charge in [0.05, 0.1) is 0 Å². The van der Waals surface area contributed by atoms with Crippen LogP contribution in [0.1, 0.15) is 146 Å². The first-order valence-electron chi connectivity index (χ1n) is 22.7. The molecule has 2 fully saturated rings. The van der Waals surface area contributed by atoms with Crippen LogP contribution in [-0.4, -0.2) is 131 Å². The van der Waals surface area contributed by atoms with E-state index in [1.807, 2.05) is 0 Å². The van der Waals surface area contributed by atoms with Gasteiger partial charge in [-0.05, 0) is 12.1 Å². The van der Waals surface area contributed by atoms with Crippen molar-refractivity contribution in [1.82, 2.24) is 0 Å². The van der Waals surface area contributed by atoms with Gasteiger partial charge in [0.15, 0.2) is 49.2 Å². The monoisotopic (exact) mass is 948 g/mol. The molecule has 0 radical (unpaired) electrons. The highest BCUT2D eigenvalue weighted by molar-refractivity contribution is 6.67. The zero-order valence-corrected chi connectivity index (χ0v) is 40.8. The van der Waals surface area contributed by atoms with Crippen molar-refractivity contribution >= 4 is 56.3 Å². The Bertz CT molecular complexity index is 1440. The lowest BCUT2D eigenvalue weighted by Crippen LogP contribution is -2.67. The molecule has 65 heavy (non-hydrogen) atoms. The van der Waals surface area contributed by atoms with E-state index in [0.29, 0.717) is 12.8 Å². The largest absolute Gasteiger partial charge is 0.463 e. The summed E-state index contributed by atoms with van der Waals surface area (Å²) in [5, 5.41) is 0. The molecule has 0 aromatic rings. The van der Waals surface area contributed by atoms with Gasteiger partial charge in [-0.1, -0.05) is 90.9 Å². The SMILES string of the molecule is CCCCCCCC[Si](CCCCCCCC)(O[C@@H]1O[C@H](COC(C)=O)[C@H](OC(C)=O)[C@H](OC(C)=O)[C@H]1OC(C)=O)O[C@@H]1O[C@H](COC(C)=O)[C@H](OC(C)=O)[C@H](OC(C)=O)[C@H]1OC(C)=O. The second-order valence-electron chi connectivity index (χ2n) is 16.3. The maximum Gasteiger partial charge on any atom is 0.342 e. The topological polar surface area (TPSA) is 247 Å². The molecule has 0 bridgehead atoms. The third-order valence-corrected chi connectivity index (χ3v) is 13.9. The van der Waals surface area contributed by atoms with E-state index < -0.39 is 131 Å². The summed E-state index contributed by atoms with van der Waals surface area (Å²) in [5.74, 6) is -6.41. The molecule has 0 saturated carbocycles. The Morgan fingerprint density at radius 3 is 0.938 bits per heavy atom. The summed E-state index contributed by atoms with van der Waals surface area (Å²) in [6.07, 6.45) is -4.99. The van der Waals surface area contributed by atoms with Crippen molar-refractivity contribution in [3.8, 4) is 0 Å². The highest BCUT2D eigenvalue weighted by atomic mass is 28.4. The molecule has 10 atom stereocenters. The molecule has 0 amide bonds. The number of carbonyl (C=O) groups is 8. The minimum Gasteiger partial charge on any atom is -0.463 e. The third-order valence-electron chi connectivity index (χ3n) is 10.4. The van der Waals surface area contributed by atoms with Gasteiger partial charge < -0.3 is 56.2 Å². The van der Waals surface area contributed by atoms with Gasteiger partial charge in [0, 0.05) is 55.4 Å².